The molecule has 0 bridgehead atoms. The molecule has 3 heteroatoms. The minimum Gasteiger partial charge on any atom is -0.591 e. The first-order valence-corrected chi connectivity index (χ1v) is 8.91. The summed E-state index contributed by atoms with van der Waals surface area (Å²) in [6.07, 6.45) is 2.85. The number of hydrogen-bond donors (Lipinski definition) is 0. The van der Waals surface area contributed by atoms with E-state index in [2.05, 4.69) is 42.5 Å². The van der Waals surface area contributed by atoms with Crippen LogP contribution in [0, 0.1) is 6.92 Å². The van der Waals surface area contributed by atoms with Crippen molar-refractivity contribution in [2.75, 3.05) is 0 Å². The largest absolute Gasteiger partial charge is 0.591 e. The van der Waals surface area contributed by atoms with Crippen LogP contribution in [0.4, 0.5) is 0 Å². The summed E-state index contributed by atoms with van der Waals surface area (Å²) < 4.78 is 16.5. The predicted octanol–water partition coefficient (Wildman–Crippen LogP) is 5.36. The molecule has 1 rings (SSSR count). The van der Waals surface area contributed by atoms with Gasteiger partial charge in [0, 0.05) is 6.42 Å². The Bertz CT molecular complexity index is 534. The van der Waals surface area contributed by atoms with E-state index >= 15 is 0 Å². The SMILES string of the molecule is CC(C)=CC(C[C@H](C)c1ccc(C)cc1)=N[S+]([O-])C(C)(C)C. The molecule has 0 spiro atoms. The number of rotatable bonds is 5. The Morgan fingerprint density at radius 2 is 1.77 bits per heavy atom. The fourth-order valence-electron chi connectivity index (χ4n) is 2.03. The van der Waals surface area contributed by atoms with Crippen LogP contribution in [0.3, 0.4) is 0 Å². The van der Waals surface area contributed by atoms with Crippen LogP contribution >= 0.6 is 0 Å². The molecule has 122 valence electrons. The summed E-state index contributed by atoms with van der Waals surface area (Å²) in [5.74, 6) is 0.354. The highest BCUT2D eigenvalue weighted by molar-refractivity contribution is 7.91. The Hall–Kier alpha value is -1.06. The van der Waals surface area contributed by atoms with Gasteiger partial charge in [-0.05, 0) is 59.1 Å². The Morgan fingerprint density at radius 1 is 1.23 bits per heavy atom. The zero-order valence-corrected chi connectivity index (χ0v) is 15.8. The van der Waals surface area contributed by atoms with E-state index < -0.39 is 11.4 Å². The number of benzene rings is 1. The maximum absolute atomic E-state index is 12.3. The first kappa shape index (κ1) is 19.0. The molecule has 0 heterocycles. The normalized spacial score (nSPS) is 15.4. The molecule has 0 saturated carbocycles. The van der Waals surface area contributed by atoms with Gasteiger partial charge in [0.25, 0.3) is 0 Å². The number of aryl methyl sites for hydroxylation is 1. The van der Waals surface area contributed by atoms with Gasteiger partial charge in [-0.2, -0.15) is 0 Å². The van der Waals surface area contributed by atoms with Crippen LogP contribution in [0.2, 0.25) is 0 Å². The van der Waals surface area contributed by atoms with E-state index in [9.17, 15) is 4.55 Å². The minimum absolute atomic E-state index is 0.326. The fraction of sp³-hybridized carbons (Fsp3) is 0.526. The standard InChI is InChI=1S/C19H29NOS/c1-14(2)12-18(20-22(21)19(5,6)7)13-16(4)17-10-8-15(3)9-11-17/h8-12,16H,13H2,1-7H3/t16-,22?/m0/s1. The Balaban J connectivity index is 2.96. The summed E-state index contributed by atoms with van der Waals surface area (Å²) in [5.41, 5.74) is 4.66. The van der Waals surface area contributed by atoms with E-state index in [1.807, 2.05) is 40.7 Å². The molecule has 0 amide bonds. The van der Waals surface area contributed by atoms with Crippen LogP contribution in [0.25, 0.3) is 0 Å². The van der Waals surface area contributed by atoms with Crippen molar-refractivity contribution < 1.29 is 4.55 Å². The maximum Gasteiger partial charge on any atom is 0.144 e. The van der Waals surface area contributed by atoms with E-state index in [-0.39, 0.29) is 4.75 Å². The maximum atomic E-state index is 12.3. The smallest absolute Gasteiger partial charge is 0.144 e. The molecule has 1 unspecified atom stereocenters. The van der Waals surface area contributed by atoms with Crippen LogP contribution in [0.5, 0.6) is 0 Å². The molecule has 0 aromatic heterocycles. The van der Waals surface area contributed by atoms with Gasteiger partial charge in [-0.15, -0.1) is 0 Å². The second-order valence-corrected chi connectivity index (χ2v) is 9.09. The van der Waals surface area contributed by atoms with Gasteiger partial charge < -0.3 is 4.55 Å². The Morgan fingerprint density at radius 3 is 2.23 bits per heavy atom. The van der Waals surface area contributed by atoms with Crippen LogP contribution in [-0.2, 0) is 11.4 Å². The first-order valence-electron chi connectivity index (χ1n) is 7.80. The summed E-state index contributed by atoms with van der Waals surface area (Å²) in [5, 5.41) is 0. The third-order valence-corrected chi connectivity index (χ3v) is 4.79. The first-order chi connectivity index (χ1) is 10.1. The van der Waals surface area contributed by atoms with Crippen molar-refractivity contribution in [1.29, 1.82) is 0 Å². The molecule has 0 N–H and O–H groups in total. The monoisotopic (exact) mass is 319 g/mol. The summed E-state index contributed by atoms with van der Waals surface area (Å²) >= 11 is -1.22. The molecule has 2 nitrogen and oxygen atoms in total. The van der Waals surface area contributed by atoms with Gasteiger partial charge in [0.1, 0.15) is 16.1 Å². The molecule has 2 atom stereocenters. The van der Waals surface area contributed by atoms with Crippen LogP contribution in [0.1, 0.15) is 65.0 Å². The van der Waals surface area contributed by atoms with Gasteiger partial charge in [-0.1, -0.05) is 46.7 Å². The molecular weight excluding hydrogens is 290 g/mol. The highest BCUT2D eigenvalue weighted by Gasteiger charge is 2.27. The van der Waals surface area contributed by atoms with Crippen molar-refractivity contribution in [3.63, 3.8) is 0 Å². The second-order valence-electron chi connectivity index (χ2n) is 7.18. The molecule has 1 aromatic carbocycles. The van der Waals surface area contributed by atoms with Crippen molar-refractivity contribution in [2.45, 2.75) is 65.6 Å². The molecule has 22 heavy (non-hydrogen) atoms. The molecule has 0 aliphatic carbocycles. The zero-order chi connectivity index (χ0) is 16.9. The Labute approximate surface area is 139 Å². The molecule has 0 aliphatic rings. The van der Waals surface area contributed by atoms with E-state index in [0.717, 1.165) is 12.1 Å². The van der Waals surface area contributed by atoms with Crippen LogP contribution in [-0.4, -0.2) is 15.0 Å². The quantitative estimate of drug-likeness (QED) is 0.531. The topological polar surface area (TPSA) is 35.4 Å². The molecule has 0 fully saturated rings. The second kappa shape index (κ2) is 7.98. The lowest BCUT2D eigenvalue weighted by Crippen LogP contribution is -2.27. The van der Waals surface area contributed by atoms with Gasteiger partial charge in [-0.3, -0.25) is 0 Å². The van der Waals surface area contributed by atoms with Gasteiger partial charge >= 0.3 is 0 Å². The van der Waals surface area contributed by atoms with Gasteiger partial charge in [0.15, 0.2) is 0 Å². The van der Waals surface area contributed by atoms with Crippen molar-refractivity contribution >= 4 is 17.1 Å². The van der Waals surface area contributed by atoms with Crippen molar-refractivity contribution in [1.82, 2.24) is 0 Å². The van der Waals surface area contributed by atoms with Gasteiger partial charge in [-0.25, -0.2) is 0 Å². The third-order valence-electron chi connectivity index (χ3n) is 3.34. The molecule has 0 saturated heterocycles. The number of hydrogen-bond acceptors (Lipinski definition) is 2. The predicted molar refractivity (Wildman–Crippen MR) is 99.0 cm³/mol. The van der Waals surface area contributed by atoms with Gasteiger partial charge in [0.2, 0.25) is 0 Å². The lowest BCUT2D eigenvalue weighted by atomic mass is 9.94. The molecule has 1 aromatic rings. The van der Waals surface area contributed by atoms with E-state index in [1.54, 1.807) is 0 Å². The van der Waals surface area contributed by atoms with Gasteiger partial charge in [0.05, 0.1) is 5.71 Å². The van der Waals surface area contributed by atoms with E-state index in [0.29, 0.717) is 5.92 Å². The average molecular weight is 320 g/mol. The third kappa shape index (κ3) is 6.37. The van der Waals surface area contributed by atoms with E-state index in [4.69, 9.17) is 0 Å². The molecule has 0 aliphatic heterocycles. The minimum atomic E-state index is -1.22. The lowest BCUT2D eigenvalue weighted by molar-refractivity contribution is 0.561. The zero-order valence-electron chi connectivity index (χ0n) is 14.9. The van der Waals surface area contributed by atoms with Crippen molar-refractivity contribution in [3.05, 3.63) is 47.0 Å². The van der Waals surface area contributed by atoms with Crippen molar-refractivity contribution in [2.24, 2.45) is 4.40 Å². The molecule has 0 radical (unpaired) electrons. The summed E-state index contributed by atoms with van der Waals surface area (Å²) in [7, 11) is 0. The highest BCUT2D eigenvalue weighted by atomic mass is 32.2. The summed E-state index contributed by atoms with van der Waals surface area (Å²) in [6, 6.07) is 8.61. The average Bonchev–Trinajstić information content (AvgIpc) is 2.37. The number of allylic oxidation sites excluding steroid dienone is 2. The Kier molecular flexibility index (Phi) is 6.89. The van der Waals surface area contributed by atoms with Crippen molar-refractivity contribution in [3.8, 4) is 0 Å². The number of nitrogens with zero attached hydrogens (tertiary/aromatic N) is 1. The van der Waals surface area contributed by atoms with E-state index in [1.165, 1.54) is 16.7 Å². The highest BCUT2D eigenvalue weighted by Crippen LogP contribution is 2.23. The fourth-order valence-corrected chi connectivity index (χ4v) is 2.64. The van der Waals surface area contributed by atoms with Crippen LogP contribution < -0.4 is 0 Å². The molecular formula is C19H29NOS. The van der Waals surface area contributed by atoms with Crippen LogP contribution in [0.15, 0.2) is 40.3 Å². The lowest BCUT2D eigenvalue weighted by Gasteiger charge is -2.20. The summed E-state index contributed by atoms with van der Waals surface area (Å²) in [6.45, 7) is 14.2. The summed E-state index contributed by atoms with van der Waals surface area (Å²) in [4.78, 5) is 0.